The summed E-state index contributed by atoms with van der Waals surface area (Å²) in [5.74, 6) is -0.425. The number of hydrogen-bond donors (Lipinski definition) is 2. The van der Waals surface area contributed by atoms with E-state index in [1.165, 1.54) is 32.6 Å². The standard InChI is InChI=1S/C13H24N2O3/c1-4-13(2,11(16)17)14-12(18)15(3)9-10-7-5-6-8-10/h10H,4-9H2,1-3H3,(H,14,18)(H,16,17). The fraction of sp³-hybridized carbons (Fsp3) is 0.846. The first-order valence-corrected chi connectivity index (χ1v) is 6.65. The van der Waals surface area contributed by atoms with Gasteiger partial charge in [-0.1, -0.05) is 19.8 Å². The number of carbonyl (C=O) groups is 2. The summed E-state index contributed by atoms with van der Waals surface area (Å²) >= 11 is 0. The maximum absolute atomic E-state index is 12.0. The Labute approximate surface area is 109 Å². The number of carboxylic acid groups (broad SMARTS) is 1. The lowest BCUT2D eigenvalue weighted by Crippen LogP contribution is -2.55. The monoisotopic (exact) mass is 256 g/mol. The molecule has 1 atom stereocenters. The van der Waals surface area contributed by atoms with Crippen LogP contribution in [0.25, 0.3) is 0 Å². The van der Waals surface area contributed by atoms with E-state index in [1.54, 1.807) is 18.9 Å². The van der Waals surface area contributed by atoms with Crippen molar-refractivity contribution in [1.29, 1.82) is 0 Å². The molecule has 1 aliphatic carbocycles. The maximum atomic E-state index is 12.0. The van der Waals surface area contributed by atoms with E-state index < -0.39 is 11.5 Å². The van der Waals surface area contributed by atoms with E-state index in [9.17, 15) is 9.59 Å². The van der Waals surface area contributed by atoms with Crippen molar-refractivity contribution in [3.05, 3.63) is 0 Å². The van der Waals surface area contributed by atoms with Crippen LogP contribution in [0.5, 0.6) is 0 Å². The highest BCUT2D eigenvalue weighted by atomic mass is 16.4. The van der Waals surface area contributed by atoms with E-state index in [-0.39, 0.29) is 6.03 Å². The summed E-state index contributed by atoms with van der Waals surface area (Å²) in [6.45, 7) is 4.01. The molecule has 5 heteroatoms. The van der Waals surface area contributed by atoms with Crippen molar-refractivity contribution in [2.24, 2.45) is 5.92 Å². The zero-order valence-corrected chi connectivity index (χ0v) is 11.5. The first kappa shape index (κ1) is 14.8. The van der Waals surface area contributed by atoms with Gasteiger partial charge in [-0.05, 0) is 32.1 Å². The number of amides is 2. The van der Waals surface area contributed by atoms with Gasteiger partial charge in [0.1, 0.15) is 5.54 Å². The minimum absolute atomic E-state index is 0.298. The molecule has 1 fully saturated rings. The molecular weight excluding hydrogens is 232 g/mol. The van der Waals surface area contributed by atoms with Crippen LogP contribution in [-0.2, 0) is 4.79 Å². The molecule has 1 aliphatic rings. The molecule has 2 N–H and O–H groups in total. The van der Waals surface area contributed by atoms with Crippen LogP contribution < -0.4 is 5.32 Å². The highest BCUT2D eigenvalue weighted by molar-refractivity contribution is 5.85. The minimum atomic E-state index is -1.18. The van der Waals surface area contributed by atoms with E-state index >= 15 is 0 Å². The first-order chi connectivity index (χ1) is 8.39. The fourth-order valence-electron chi connectivity index (χ4n) is 2.29. The van der Waals surface area contributed by atoms with Gasteiger partial charge in [0.25, 0.3) is 0 Å². The number of rotatable bonds is 5. The van der Waals surface area contributed by atoms with E-state index in [1.807, 2.05) is 0 Å². The predicted molar refractivity (Wildman–Crippen MR) is 69.5 cm³/mol. The first-order valence-electron chi connectivity index (χ1n) is 6.65. The molecule has 2 amide bonds. The smallest absolute Gasteiger partial charge is 0.329 e. The van der Waals surface area contributed by atoms with E-state index in [2.05, 4.69) is 5.32 Å². The van der Waals surface area contributed by atoms with Crippen molar-refractivity contribution in [2.45, 2.75) is 51.5 Å². The van der Waals surface area contributed by atoms with Crippen LogP contribution >= 0.6 is 0 Å². The average Bonchev–Trinajstić information content (AvgIpc) is 2.81. The molecule has 0 aromatic heterocycles. The van der Waals surface area contributed by atoms with Gasteiger partial charge in [-0.2, -0.15) is 0 Å². The van der Waals surface area contributed by atoms with Crippen LogP contribution in [0.4, 0.5) is 4.79 Å². The largest absolute Gasteiger partial charge is 0.480 e. The van der Waals surface area contributed by atoms with Crippen LogP contribution in [0.15, 0.2) is 0 Å². The van der Waals surface area contributed by atoms with Gasteiger partial charge in [-0.25, -0.2) is 9.59 Å². The molecule has 5 nitrogen and oxygen atoms in total. The quantitative estimate of drug-likeness (QED) is 0.791. The second-order valence-electron chi connectivity index (χ2n) is 5.45. The van der Waals surface area contributed by atoms with Gasteiger partial charge >= 0.3 is 12.0 Å². The van der Waals surface area contributed by atoms with Gasteiger partial charge in [0.15, 0.2) is 0 Å². The second kappa shape index (κ2) is 6.07. The van der Waals surface area contributed by atoms with Crippen molar-refractivity contribution in [3.63, 3.8) is 0 Å². The van der Waals surface area contributed by atoms with Crippen LogP contribution in [0, 0.1) is 5.92 Å². The third-order valence-corrected chi connectivity index (χ3v) is 3.92. The second-order valence-corrected chi connectivity index (χ2v) is 5.45. The van der Waals surface area contributed by atoms with E-state index in [0.29, 0.717) is 18.9 Å². The number of carboxylic acids is 1. The SMILES string of the molecule is CCC(C)(NC(=O)N(C)CC1CCCC1)C(=O)O. The topological polar surface area (TPSA) is 69.6 Å². The molecule has 18 heavy (non-hydrogen) atoms. The Kier molecular flexibility index (Phi) is 4.99. The lowest BCUT2D eigenvalue weighted by atomic mass is 9.99. The van der Waals surface area contributed by atoms with Crippen molar-refractivity contribution in [3.8, 4) is 0 Å². The highest BCUT2D eigenvalue weighted by Crippen LogP contribution is 2.25. The number of aliphatic carboxylic acids is 1. The molecule has 0 heterocycles. The van der Waals surface area contributed by atoms with E-state index in [4.69, 9.17) is 5.11 Å². The summed E-state index contributed by atoms with van der Waals surface area (Å²) in [6, 6.07) is -0.298. The molecule has 0 aromatic carbocycles. The molecule has 0 spiro atoms. The van der Waals surface area contributed by atoms with Crippen molar-refractivity contribution >= 4 is 12.0 Å². The summed E-state index contributed by atoms with van der Waals surface area (Å²) in [5, 5.41) is 11.7. The summed E-state index contributed by atoms with van der Waals surface area (Å²) in [6.07, 6.45) is 5.18. The molecule has 104 valence electrons. The Hall–Kier alpha value is -1.26. The van der Waals surface area contributed by atoms with Gasteiger partial charge in [0.2, 0.25) is 0 Å². The third kappa shape index (κ3) is 3.62. The van der Waals surface area contributed by atoms with Crippen molar-refractivity contribution < 1.29 is 14.7 Å². The Morgan fingerprint density at radius 3 is 2.39 bits per heavy atom. The van der Waals surface area contributed by atoms with Gasteiger partial charge in [0.05, 0.1) is 0 Å². The Bertz CT molecular complexity index is 313. The summed E-state index contributed by atoms with van der Waals surface area (Å²) in [5.41, 5.74) is -1.18. The minimum Gasteiger partial charge on any atom is -0.480 e. The molecule has 0 aliphatic heterocycles. The van der Waals surface area contributed by atoms with Crippen molar-refractivity contribution in [1.82, 2.24) is 10.2 Å². The van der Waals surface area contributed by atoms with Gasteiger partial charge in [-0.3, -0.25) is 0 Å². The Morgan fingerprint density at radius 2 is 1.94 bits per heavy atom. The fourth-order valence-corrected chi connectivity index (χ4v) is 2.29. The molecule has 1 saturated carbocycles. The molecule has 0 saturated heterocycles. The summed E-state index contributed by atoms with van der Waals surface area (Å²) in [4.78, 5) is 24.7. The van der Waals surface area contributed by atoms with Gasteiger partial charge in [0, 0.05) is 13.6 Å². The predicted octanol–water partition coefficient (Wildman–Crippen LogP) is 2.07. The van der Waals surface area contributed by atoms with Gasteiger partial charge in [-0.15, -0.1) is 0 Å². The zero-order chi connectivity index (χ0) is 13.8. The number of urea groups is 1. The van der Waals surface area contributed by atoms with Crippen molar-refractivity contribution in [2.75, 3.05) is 13.6 Å². The van der Waals surface area contributed by atoms with Crippen LogP contribution in [0.3, 0.4) is 0 Å². The Morgan fingerprint density at radius 1 is 1.39 bits per heavy atom. The summed E-state index contributed by atoms with van der Waals surface area (Å²) in [7, 11) is 1.73. The maximum Gasteiger partial charge on any atom is 0.329 e. The molecule has 1 rings (SSSR count). The number of nitrogens with zero attached hydrogens (tertiary/aromatic N) is 1. The summed E-state index contributed by atoms with van der Waals surface area (Å²) < 4.78 is 0. The van der Waals surface area contributed by atoms with Gasteiger partial charge < -0.3 is 15.3 Å². The molecule has 0 radical (unpaired) electrons. The van der Waals surface area contributed by atoms with E-state index in [0.717, 1.165) is 0 Å². The lowest BCUT2D eigenvalue weighted by molar-refractivity contribution is -0.143. The highest BCUT2D eigenvalue weighted by Gasteiger charge is 2.34. The number of hydrogen-bond acceptors (Lipinski definition) is 2. The van der Waals surface area contributed by atoms with Crippen LogP contribution in [-0.4, -0.2) is 41.1 Å². The van der Waals surface area contributed by atoms with Crippen LogP contribution in [0.1, 0.15) is 46.0 Å². The van der Waals surface area contributed by atoms with Crippen LogP contribution in [0.2, 0.25) is 0 Å². The normalized spacial score (nSPS) is 19.3. The number of nitrogens with one attached hydrogen (secondary N) is 1. The molecule has 1 unspecified atom stereocenters. The molecule has 0 bridgehead atoms. The zero-order valence-electron chi connectivity index (χ0n) is 11.5. The lowest BCUT2D eigenvalue weighted by Gasteiger charge is -2.29. The third-order valence-electron chi connectivity index (χ3n) is 3.92. The Balaban J connectivity index is 2.50. The average molecular weight is 256 g/mol. The number of carbonyl (C=O) groups excluding carboxylic acids is 1. The molecule has 0 aromatic rings. The molecular formula is C13H24N2O3.